The van der Waals surface area contributed by atoms with Crippen molar-refractivity contribution in [1.29, 1.82) is 0 Å². The van der Waals surface area contributed by atoms with Gasteiger partial charge in [0.25, 0.3) is 0 Å². The molecule has 2 aliphatic rings. The minimum Gasteiger partial charge on any atom is -0.469 e. The maximum atomic E-state index is 13.4. The van der Waals surface area contributed by atoms with E-state index in [9.17, 15) is 22.0 Å². The topological polar surface area (TPSA) is 95.7 Å². The number of aromatic nitrogens is 5. The fraction of sp³-hybridized carbons (Fsp3) is 0.524. The first-order valence-electron chi connectivity index (χ1n) is 11.0. The van der Waals surface area contributed by atoms with E-state index in [1.54, 1.807) is 10.6 Å². The number of pyridine rings is 1. The molecule has 188 valence electrons. The summed E-state index contributed by atoms with van der Waals surface area (Å²) in [6, 6.07) is 2.67. The van der Waals surface area contributed by atoms with Gasteiger partial charge in [-0.15, -0.1) is 10.2 Å². The van der Waals surface area contributed by atoms with Crippen LogP contribution < -0.4 is 14.8 Å². The van der Waals surface area contributed by atoms with E-state index in [1.165, 1.54) is 12.1 Å². The van der Waals surface area contributed by atoms with E-state index in [2.05, 4.69) is 30.2 Å². The van der Waals surface area contributed by atoms with Crippen LogP contribution >= 0.6 is 0 Å². The second kappa shape index (κ2) is 9.40. The maximum absolute atomic E-state index is 13.4. The first-order valence-corrected chi connectivity index (χ1v) is 11.0. The first-order chi connectivity index (χ1) is 16.8. The highest BCUT2D eigenvalue weighted by Gasteiger charge is 2.38. The largest absolute Gasteiger partial charge is 0.469 e. The lowest BCUT2D eigenvalue weighted by Crippen LogP contribution is -2.39. The molecule has 0 radical (unpaired) electrons. The standard InChI is InChI=1S/C21H21F5N6O3/c22-19(23)35-13-4-5-32-16(7-13)30-31-17(32)11-2-1-3-12(6-11)28-20-27-8-15(21(24,25)26)18(29-20)34-14-9-33-10-14/h4-5,7-8,11-12,14,19H,1-3,6,9-10H2,(H,27,28,29)/t11-,12+/m0/s1. The Balaban J connectivity index is 1.31. The van der Waals surface area contributed by atoms with Crippen molar-refractivity contribution in [1.82, 2.24) is 24.6 Å². The van der Waals surface area contributed by atoms with Crippen LogP contribution in [-0.4, -0.2) is 56.5 Å². The van der Waals surface area contributed by atoms with Crippen LogP contribution in [-0.2, 0) is 10.9 Å². The Morgan fingerprint density at radius 3 is 2.71 bits per heavy atom. The van der Waals surface area contributed by atoms with Gasteiger partial charge in [0, 0.05) is 30.4 Å². The third-order valence-electron chi connectivity index (χ3n) is 5.95. The van der Waals surface area contributed by atoms with E-state index in [-0.39, 0.29) is 36.9 Å². The molecular formula is C21H21F5N6O3. The van der Waals surface area contributed by atoms with Gasteiger partial charge in [-0.1, -0.05) is 6.42 Å². The Morgan fingerprint density at radius 2 is 2.00 bits per heavy atom. The molecule has 1 saturated carbocycles. The monoisotopic (exact) mass is 500 g/mol. The fourth-order valence-electron chi connectivity index (χ4n) is 4.24. The molecule has 4 heterocycles. The van der Waals surface area contributed by atoms with Crippen LogP contribution in [0.25, 0.3) is 5.65 Å². The molecule has 0 spiro atoms. The predicted molar refractivity (Wildman–Crippen MR) is 111 cm³/mol. The van der Waals surface area contributed by atoms with E-state index in [1.807, 2.05) is 0 Å². The minimum absolute atomic E-state index is 0.0134. The molecule has 0 bridgehead atoms. The van der Waals surface area contributed by atoms with Gasteiger partial charge in [0.2, 0.25) is 11.8 Å². The predicted octanol–water partition coefficient (Wildman–Crippen LogP) is 4.06. The average molecular weight is 500 g/mol. The number of fused-ring (bicyclic) bond motifs is 1. The molecular weight excluding hydrogens is 479 g/mol. The molecule has 0 aromatic carbocycles. The zero-order valence-corrected chi connectivity index (χ0v) is 18.2. The van der Waals surface area contributed by atoms with Gasteiger partial charge in [0.05, 0.1) is 13.2 Å². The summed E-state index contributed by atoms with van der Waals surface area (Å²) in [5.74, 6) is 0.146. The zero-order chi connectivity index (χ0) is 24.6. The summed E-state index contributed by atoms with van der Waals surface area (Å²) < 4.78 is 81.5. The van der Waals surface area contributed by atoms with Crippen molar-refractivity contribution in [2.24, 2.45) is 0 Å². The van der Waals surface area contributed by atoms with Crippen molar-refractivity contribution in [3.8, 4) is 11.6 Å². The van der Waals surface area contributed by atoms with Gasteiger partial charge in [-0.05, 0) is 25.3 Å². The summed E-state index contributed by atoms with van der Waals surface area (Å²) in [4.78, 5) is 7.86. The third-order valence-corrected chi connectivity index (χ3v) is 5.95. The highest BCUT2D eigenvalue weighted by molar-refractivity contribution is 5.44. The number of alkyl halides is 5. The van der Waals surface area contributed by atoms with Gasteiger partial charge >= 0.3 is 12.8 Å². The molecule has 2 fully saturated rings. The molecule has 9 nitrogen and oxygen atoms in total. The molecule has 1 aliphatic heterocycles. The lowest BCUT2D eigenvalue weighted by Gasteiger charge is -2.29. The summed E-state index contributed by atoms with van der Waals surface area (Å²) in [7, 11) is 0. The normalized spacial score (nSPS) is 21.2. The van der Waals surface area contributed by atoms with Crippen LogP contribution in [0.15, 0.2) is 24.5 Å². The Labute approximate surface area is 195 Å². The Bertz CT molecular complexity index is 1190. The molecule has 1 saturated heterocycles. The molecule has 2 atom stereocenters. The maximum Gasteiger partial charge on any atom is 0.423 e. The van der Waals surface area contributed by atoms with Crippen LogP contribution in [0.5, 0.6) is 11.6 Å². The quantitative estimate of drug-likeness (QED) is 0.486. The van der Waals surface area contributed by atoms with Crippen LogP contribution in [0.3, 0.4) is 0 Å². The van der Waals surface area contributed by atoms with Crippen molar-refractivity contribution in [3.05, 3.63) is 35.9 Å². The number of nitrogens with zero attached hydrogens (tertiary/aromatic N) is 5. The van der Waals surface area contributed by atoms with E-state index in [4.69, 9.17) is 9.47 Å². The highest BCUT2D eigenvalue weighted by atomic mass is 19.4. The van der Waals surface area contributed by atoms with Crippen LogP contribution in [0.4, 0.5) is 27.9 Å². The molecule has 0 amide bonds. The molecule has 0 unspecified atom stereocenters. The van der Waals surface area contributed by atoms with E-state index < -0.39 is 30.3 Å². The van der Waals surface area contributed by atoms with Crippen LogP contribution in [0, 0.1) is 0 Å². The number of hydrogen-bond donors (Lipinski definition) is 1. The molecule has 1 aliphatic carbocycles. The number of ether oxygens (including phenoxy) is 3. The lowest BCUT2D eigenvalue weighted by atomic mass is 9.85. The highest BCUT2D eigenvalue weighted by Crippen LogP contribution is 2.37. The fourth-order valence-corrected chi connectivity index (χ4v) is 4.24. The van der Waals surface area contributed by atoms with Crippen molar-refractivity contribution < 1.29 is 36.2 Å². The Hall–Kier alpha value is -3.29. The Morgan fingerprint density at radius 1 is 1.17 bits per heavy atom. The first kappa shape index (κ1) is 23.5. The summed E-state index contributed by atoms with van der Waals surface area (Å²) in [6.45, 7) is -2.53. The molecule has 14 heteroatoms. The molecule has 3 aromatic heterocycles. The average Bonchev–Trinajstić information content (AvgIpc) is 3.19. The van der Waals surface area contributed by atoms with Gasteiger partial charge in [-0.3, -0.25) is 4.40 Å². The smallest absolute Gasteiger partial charge is 0.423 e. The van der Waals surface area contributed by atoms with Crippen LogP contribution in [0.1, 0.15) is 43.0 Å². The molecule has 35 heavy (non-hydrogen) atoms. The summed E-state index contributed by atoms with van der Waals surface area (Å²) in [5, 5.41) is 11.4. The van der Waals surface area contributed by atoms with Gasteiger partial charge in [0.15, 0.2) is 5.65 Å². The van der Waals surface area contributed by atoms with E-state index in [0.717, 1.165) is 25.5 Å². The van der Waals surface area contributed by atoms with Crippen molar-refractivity contribution in [2.45, 2.75) is 56.5 Å². The van der Waals surface area contributed by atoms with Crippen molar-refractivity contribution in [2.75, 3.05) is 18.5 Å². The van der Waals surface area contributed by atoms with Gasteiger partial charge in [0.1, 0.15) is 23.2 Å². The molecule has 1 N–H and O–H groups in total. The van der Waals surface area contributed by atoms with Gasteiger partial charge < -0.3 is 19.5 Å². The van der Waals surface area contributed by atoms with Crippen molar-refractivity contribution in [3.63, 3.8) is 0 Å². The number of hydrogen-bond acceptors (Lipinski definition) is 8. The van der Waals surface area contributed by atoms with E-state index >= 15 is 0 Å². The summed E-state index contributed by atoms with van der Waals surface area (Å²) in [5.41, 5.74) is -0.664. The second-order valence-electron chi connectivity index (χ2n) is 8.42. The SMILES string of the molecule is FC(F)Oc1ccn2c([C@H]3CCC[C@@H](Nc4ncc(C(F)(F)F)c(OC5COC5)n4)C3)nnc2c1. The molecule has 5 rings (SSSR count). The number of rotatable bonds is 7. The second-order valence-corrected chi connectivity index (χ2v) is 8.42. The zero-order valence-electron chi connectivity index (χ0n) is 18.2. The van der Waals surface area contributed by atoms with Gasteiger partial charge in [-0.25, -0.2) is 4.98 Å². The van der Waals surface area contributed by atoms with Crippen LogP contribution in [0.2, 0.25) is 0 Å². The Kier molecular flexibility index (Phi) is 6.30. The number of nitrogens with one attached hydrogen (secondary N) is 1. The number of halogens is 5. The van der Waals surface area contributed by atoms with Gasteiger partial charge in [-0.2, -0.15) is 26.9 Å². The third kappa shape index (κ3) is 5.21. The summed E-state index contributed by atoms with van der Waals surface area (Å²) in [6.07, 6.45) is 0.172. The number of anilines is 1. The summed E-state index contributed by atoms with van der Waals surface area (Å²) >= 11 is 0. The molecule has 3 aromatic rings. The minimum atomic E-state index is -4.65. The van der Waals surface area contributed by atoms with E-state index in [0.29, 0.717) is 17.9 Å². The lowest BCUT2D eigenvalue weighted by molar-refractivity contribution is -0.142. The van der Waals surface area contributed by atoms with Crippen molar-refractivity contribution >= 4 is 11.6 Å².